The summed E-state index contributed by atoms with van der Waals surface area (Å²) in [4.78, 5) is 11.0. The molecule has 220 valence electrons. The quantitative estimate of drug-likeness (QED) is 0.288. The molecular weight excluding hydrogens is 600 g/mol. The third kappa shape index (κ3) is 6.25. The lowest BCUT2D eigenvalue weighted by atomic mass is 9.86. The van der Waals surface area contributed by atoms with Gasteiger partial charge in [-0.2, -0.15) is 26.3 Å². The number of nitrogens with zero attached hydrogens (tertiary/aromatic N) is 1. The molecule has 41 heavy (non-hydrogen) atoms. The maximum absolute atomic E-state index is 13.8. The maximum atomic E-state index is 13.8. The average Bonchev–Trinajstić information content (AvgIpc) is 2.87. The number of carboxylic acid groups (broad SMARTS) is 1. The number of carboxylic acids is 1. The van der Waals surface area contributed by atoms with Crippen LogP contribution in [0.4, 0.5) is 32.0 Å². The number of hydrogen-bond acceptors (Lipinski definition) is 4. The van der Waals surface area contributed by atoms with E-state index in [1.807, 2.05) is 0 Å². The number of fused-ring (bicyclic) bond motifs is 1. The Kier molecular flexibility index (Phi) is 7.76. The molecule has 0 radical (unpaired) electrons. The molecule has 1 unspecified atom stereocenters. The van der Waals surface area contributed by atoms with E-state index in [-0.39, 0.29) is 34.0 Å². The van der Waals surface area contributed by atoms with Crippen molar-refractivity contribution in [2.24, 2.45) is 5.41 Å². The van der Waals surface area contributed by atoms with Gasteiger partial charge in [-0.15, -0.1) is 0 Å². The second-order valence-corrected chi connectivity index (χ2v) is 12.3. The van der Waals surface area contributed by atoms with E-state index in [0.29, 0.717) is 12.1 Å². The Bertz CT molecular complexity index is 1600. The van der Waals surface area contributed by atoms with E-state index in [4.69, 9.17) is 16.3 Å². The Morgan fingerprint density at radius 1 is 0.976 bits per heavy atom. The van der Waals surface area contributed by atoms with Gasteiger partial charge in [-0.3, -0.25) is 9.10 Å². The molecule has 1 atom stereocenters. The van der Waals surface area contributed by atoms with E-state index < -0.39 is 62.4 Å². The van der Waals surface area contributed by atoms with Gasteiger partial charge in [0.1, 0.15) is 11.9 Å². The van der Waals surface area contributed by atoms with Gasteiger partial charge in [0.05, 0.1) is 33.7 Å². The molecule has 6 nitrogen and oxygen atoms in total. The Hall–Kier alpha value is -3.45. The summed E-state index contributed by atoms with van der Waals surface area (Å²) in [6.07, 6.45) is -10.7. The van der Waals surface area contributed by atoms with Crippen molar-refractivity contribution < 1.29 is 49.4 Å². The smallest absolute Gasteiger partial charge is 0.416 e. The first kappa shape index (κ1) is 30.5. The van der Waals surface area contributed by atoms with E-state index in [1.165, 1.54) is 32.0 Å². The molecule has 1 N–H and O–H groups in total. The molecular formula is C27H22ClF6NO5S. The Balaban J connectivity index is 1.87. The molecule has 0 amide bonds. The molecule has 4 rings (SSSR count). The average molecular weight is 622 g/mol. The molecule has 1 heterocycles. The largest absolute Gasteiger partial charge is 0.486 e. The summed E-state index contributed by atoms with van der Waals surface area (Å²) >= 11 is 6.18. The van der Waals surface area contributed by atoms with E-state index >= 15 is 0 Å². The minimum atomic E-state index is -4.84. The fourth-order valence-corrected chi connectivity index (χ4v) is 6.12. The third-order valence-corrected chi connectivity index (χ3v) is 8.67. The number of carbonyl (C=O) groups is 1. The molecule has 3 aromatic carbocycles. The SMILES string of the molecule is CC(C)(CC1CN(S(=O)(=O)c2cccc(C(F)(F)F)c2)c2cc(-c3cc(C(F)(F)F)ccc3Cl)ccc2O1)C(=O)O. The van der Waals surface area contributed by atoms with Gasteiger partial charge in [-0.25, -0.2) is 8.42 Å². The highest BCUT2D eigenvalue weighted by Crippen LogP contribution is 2.44. The number of rotatable bonds is 6. The van der Waals surface area contributed by atoms with Crippen LogP contribution in [0.25, 0.3) is 11.1 Å². The Morgan fingerprint density at radius 3 is 2.22 bits per heavy atom. The van der Waals surface area contributed by atoms with Gasteiger partial charge in [0.25, 0.3) is 10.0 Å². The molecule has 0 bridgehead atoms. The van der Waals surface area contributed by atoms with Gasteiger partial charge >= 0.3 is 18.3 Å². The van der Waals surface area contributed by atoms with Crippen molar-refractivity contribution in [3.05, 3.63) is 76.8 Å². The number of ether oxygens (including phenoxy) is 1. The Labute approximate surface area is 236 Å². The summed E-state index contributed by atoms with van der Waals surface area (Å²) in [7, 11) is -4.71. The predicted molar refractivity (Wildman–Crippen MR) is 138 cm³/mol. The first-order valence-electron chi connectivity index (χ1n) is 11.9. The van der Waals surface area contributed by atoms with Crippen LogP contribution in [0.3, 0.4) is 0 Å². The van der Waals surface area contributed by atoms with Gasteiger partial charge < -0.3 is 9.84 Å². The summed E-state index contributed by atoms with van der Waals surface area (Å²) in [5.41, 5.74) is -3.74. The van der Waals surface area contributed by atoms with Crippen LogP contribution < -0.4 is 9.04 Å². The summed E-state index contributed by atoms with van der Waals surface area (Å²) in [6, 6.07) is 9.54. The lowest BCUT2D eigenvalue weighted by Crippen LogP contribution is -2.46. The maximum Gasteiger partial charge on any atom is 0.416 e. The lowest BCUT2D eigenvalue weighted by Gasteiger charge is -2.38. The van der Waals surface area contributed by atoms with Gasteiger partial charge in [-0.1, -0.05) is 23.7 Å². The molecule has 0 aromatic heterocycles. The molecule has 0 fully saturated rings. The second-order valence-electron chi connectivity index (χ2n) is 10.1. The van der Waals surface area contributed by atoms with E-state index in [1.54, 1.807) is 0 Å². The van der Waals surface area contributed by atoms with E-state index in [2.05, 4.69) is 0 Å². The molecule has 1 aliphatic heterocycles. The van der Waals surface area contributed by atoms with Crippen molar-refractivity contribution in [3.8, 4) is 16.9 Å². The second kappa shape index (κ2) is 10.4. The zero-order chi connectivity index (χ0) is 30.5. The third-order valence-electron chi connectivity index (χ3n) is 6.56. The number of benzene rings is 3. The van der Waals surface area contributed by atoms with Gasteiger partial charge in [-0.05, 0) is 67.9 Å². The van der Waals surface area contributed by atoms with Gasteiger partial charge in [0.2, 0.25) is 0 Å². The first-order chi connectivity index (χ1) is 18.8. The molecule has 0 saturated carbocycles. The summed E-state index contributed by atoms with van der Waals surface area (Å²) in [6.45, 7) is 2.32. The molecule has 1 aliphatic rings. The zero-order valence-corrected chi connectivity index (χ0v) is 22.9. The topological polar surface area (TPSA) is 83.9 Å². The molecule has 0 spiro atoms. The minimum Gasteiger partial charge on any atom is -0.486 e. The van der Waals surface area contributed by atoms with Crippen LogP contribution in [0.5, 0.6) is 5.75 Å². The molecule has 14 heteroatoms. The fourth-order valence-electron chi connectivity index (χ4n) is 4.35. The first-order valence-corrected chi connectivity index (χ1v) is 13.7. The summed E-state index contributed by atoms with van der Waals surface area (Å²) in [5, 5.41) is 9.49. The number of aliphatic carboxylic acids is 1. The highest BCUT2D eigenvalue weighted by Gasteiger charge is 2.40. The molecule has 0 aliphatic carbocycles. The Morgan fingerprint density at radius 2 is 1.61 bits per heavy atom. The van der Waals surface area contributed by atoms with Crippen LogP contribution in [0, 0.1) is 5.41 Å². The van der Waals surface area contributed by atoms with Crippen LogP contribution in [-0.2, 0) is 27.2 Å². The number of alkyl halides is 6. The van der Waals surface area contributed by atoms with Gasteiger partial charge in [0.15, 0.2) is 0 Å². The van der Waals surface area contributed by atoms with Crippen molar-refractivity contribution in [2.75, 3.05) is 10.8 Å². The predicted octanol–water partition coefficient (Wildman–Crippen LogP) is 7.50. The molecule has 3 aromatic rings. The number of anilines is 1. The highest BCUT2D eigenvalue weighted by atomic mass is 35.5. The summed E-state index contributed by atoms with van der Waals surface area (Å²) < 4.78 is 114. The monoisotopic (exact) mass is 621 g/mol. The molecule has 0 saturated heterocycles. The van der Waals surface area contributed by atoms with Gasteiger partial charge in [0, 0.05) is 17.0 Å². The summed E-state index contributed by atoms with van der Waals surface area (Å²) in [5.74, 6) is -1.25. The lowest BCUT2D eigenvalue weighted by molar-refractivity contribution is -0.148. The zero-order valence-electron chi connectivity index (χ0n) is 21.3. The highest BCUT2D eigenvalue weighted by molar-refractivity contribution is 7.92. The van der Waals surface area contributed by atoms with Crippen LogP contribution in [0.2, 0.25) is 5.02 Å². The van der Waals surface area contributed by atoms with Crippen molar-refractivity contribution in [3.63, 3.8) is 0 Å². The van der Waals surface area contributed by atoms with Crippen LogP contribution in [-0.4, -0.2) is 32.1 Å². The van der Waals surface area contributed by atoms with Crippen LogP contribution in [0.1, 0.15) is 31.4 Å². The van der Waals surface area contributed by atoms with Crippen LogP contribution in [0.15, 0.2) is 65.6 Å². The fraction of sp³-hybridized carbons (Fsp3) is 0.296. The van der Waals surface area contributed by atoms with E-state index in [9.17, 15) is 44.7 Å². The van der Waals surface area contributed by atoms with Crippen molar-refractivity contribution in [2.45, 2.75) is 43.6 Å². The van der Waals surface area contributed by atoms with E-state index in [0.717, 1.165) is 34.6 Å². The number of halogens is 7. The van der Waals surface area contributed by atoms with Crippen molar-refractivity contribution in [1.82, 2.24) is 0 Å². The minimum absolute atomic E-state index is 0.0650. The normalized spacial score (nSPS) is 16.2. The van der Waals surface area contributed by atoms with Crippen LogP contribution >= 0.6 is 11.6 Å². The number of hydrogen-bond donors (Lipinski definition) is 1. The van der Waals surface area contributed by atoms with Crippen molar-refractivity contribution >= 4 is 33.3 Å². The number of sulfonamides is 1. The standard InChI is InChI=1S/C27H22ClF6NO5S/c1-25(2,24(36)37)13-18-14-35(41(38,39)19-5-3-4-16(11-19)26(29,30)31)22-10-15(6-9-23(22)40-18)20-12-17(27(32,33)34)7-8-21(20)28/h3-12,18H,13-14H2,1-2H3,(H,36,37). The van der Waals surface area contributed by atoms with Crippen molar-refractivity contribution in [1.29, 1.82) is 0 Å².